The Labute approximate surface area is 87.9 Å². The topological polar surface area (TPSA) is 62.8 Å². The van der Waals surface area contributed by atoms with Gasteiger partial charge in [0.15, 0.2) is 0 Å². The average Bonchev–Trinajstić information content (AvgIpc) is 2.59. The van der Waals surface area contributed by atoms with E-state index in [-0.39, 0.29) is 0 Å². The second-order valence-electron chi connectivity index (χ2n) is 3.36. The number of hydrogen-bond acceptors (Lipinski definition) is 4. The van der Waals surface area contributed by atoms with Gasteiger partial charge < -0.3 is 15.0 Å². The van der Waals surface area contributed by atoms with E-state index in [4.69, 9.17) is 4.74 Å². The molecular formula is C10H14N4O. The maximum atomic E-state index is 4.97. The molecular weight excluding hydrogens is 192 g/mol. The number of aromatic amines is 1. The van der Waals surface area contributed by atoms with Crippen molar-refractivity contribution in [2.45, 2.75) is 6.92 Å². The summed E-state index contributed by atoms with van der Waals surface area (Å²) in [6.07, 6.45) is 1.55. The van der Waals surface area contributed by atoms with Crippen molar-refractivity contribution in [2.75, 3.05) is 25.6 Å². The number of anilines is 1. The second kappa shape index (κ2) is 4.27. The van der Waals surface area contributed by atoms with Crippen LogP contribution in [0.1, 0.15) is 5.69 Å². The van der Waals surface area contributed by atoms with Crippen molar-refractivity contribution in [1.82, 2.24) is 15.0 Å². The molecule has 2 aromatic heterocycles. The number of aromatic nitrogens is 3. The zero-order chi connectivity index (χ0) is 10.7. The summed E-state index contributed by atoms with van der Waals surface area (Å²) in [5.41, 5.74) is 1.95. The number of hydrogen-bond donors (Lipinski definition) is 2. The van der Waals surface area contributed by atoms with Gasteiger partial charge in [-0.05, 0) is 13.0 Å². The van der Waals surface area contributed by atoms with Crippen LogP contribution in [0, 0.1) is 6.92 Å². The summed E-state index contributed by atoms with van der Waals surface area (Å²) < 4.78 is 4.97. The van der Waals surface area contributed by atoms with Gasteiger partial charge in [0.05, 0.1) is 12.0 Å². The van der Waals surface area contributed by atoms with Crippen LogP contribution in [0.25, 0.3) is 11.0 Å². The van der Waals surface area contributed by atoms with E-state index in [0.29, 0.717) is 6.61 Å². The Morgan fingerprint density at radius 3 is 3.13 bits per heavy atom. The molecule has 0 aliphatic carbocycles. The fraction of sp³-hybridized carbons (Fsp3) is 0.400. The highest BCUT2D eigenvalue weighted by molar-refractivity contribution is 5.87. The van der Waals surface area contributed by atoms with Gasteiger partial charge in [-0.1, -0.05) is 0 Å². The largest absolute Gasteiger partial charge is 0.383 e. The van der Waals surface area contributed by atoms with Crippen molar-refractivity contribution < 1.29 is 4.74 Å². The summed E-state index contributed by atoms with van der Waals surface area (Å²) in [5.74, 6) is 0.849. The fourth-order valence-corrected chi connectivity index (χ4v) is 1.48. The third kappa shape index (κ3) is 2.07. The molecule has 0 unspecified atom stereocenters. The highest BCUT2D eigenvalue weighted by Crippen LogP contribution is 2.19. The molecule has 0 fully saturated rings. The number of fused-ring (bicyclic) bond motifs is 1. The van der Waals surface area contributed by atoms with E-state index in [0.717, 1.165) is 29.1 Å². The van der Waals surface area contributed by atoms with Crippen LogP contribution < -0.4 is 5.32 Å². The van der Waals surface area contributed by atoms with E-state index >= 15 is 0 Å². The molecule has 15 heavy (non-hydrogen) atoms. The third-order valence-electron chi connectivity index (χ3n) is 2.16. The molecule has 0 radical (unpaired) electrons. The Morgan fingerprint density at radius 2 is 2.33 bits per heavy atom. The van der Waals surface area contributed by atoms with Crippen molar-refractivity contribution in [3.05, 3.63) is 18.1 Å². The Kier molecular flexibility index (Phi) is 2.82. The van der Waals surface area contributed by atoms with Gasteiger partial charge in [0, 0.05) is 19.3 Å². The molecule has 0 saturated heterocycles. The summed E-state index contributed by atoms with van der Waals surface area (Å²) in [4.78, 5) is 11.5. The minimum atomic E-state index is 0.662. The van der Waals surface area contributed by atoms with E-state index in [9.17, 15) is 0 Å². The summed E-state index contributed by atoms with van der Waals surface area (Å²) in [5, 5.41) is 4.23. The molecule has 0 spiro atoms. The molecule has 80 valence electrons. The number of H-pyrrole nitrogens is 1. The summed E-state index contributed by atoms with van der Waals surface area (Å²) in [6.45, 7) is 3.41. The maximum absolute atomic E-state index is 4.97. The maximum Gasteiger partial charge on any atom is 0.143 e. The van der Waals surface area contributed by atoms with Crippen molar-refractivity contribution in [1.29, 1.82) is 0 Å². The molecule has 2 rings (SSSR count). The highest BCUT2D eigenvalue weighted by atomic mass is 16.5. The molecule has 0 aromatic carbocycles. The molecule has 2 aromatic rings. The Bertz CT molecular complexity index is 452. The van der Waals surface area contributed by atoms with Gasteiger partial charge in [0.2, 0.25) is 0 Å². The van der Waals surface area contributed by atoms with Gasteiger partial charge in [0.1, 0.15) is 17.8 Å². The average molecular weight is 206 g/mol. The van der Waals surface area contributed by atoms with Gasteiger partial charge in [-0.15, -0.1) is 0 Å². The first-order valence-corrected chi connectivity index (χ1v) is 4.84. The number of aryl methyl sites for hydroxylation is 1. The second-order valence-corrected chi connectivity index (χ2v) is 3.36. The highest BCUT2D eigenvalue weighted by Gasteiger charge is 2.04. The van der Waals surface area contributed by atoms with E-state index in [1.807, 2.05) is 13.0 Å². The van der Waals surface area contributed by atoms with Crippen molar-refractivity contribution >= 4 is 16.9 Å². The molecule has 5 nitrogen and oxygen atoms in total. The van der Waals surface area contributed by atoms with Crippen molar-refractivity contribution in [2.24, 2.45) is 0 Å². The molecule has 0 amide bonds. The zero-order valence-electron chi connectivity index (χ0n) is 8.87. The zero-order valence-corrected chi connectivity index (χ0v) is 8.87. The van der Waals surface area contributed by atoms with Crippen LogP contribution in [-0.2, 0) is 4.74 Å². The standard InChI is InChI=1S/C10H14N4O/c1-7-5-8-9(11-3-4-15-2)12-6-13-10(8)14-7/h5-6H,3-4H2,1-2H3,(H2,11,12,13,14). The van der Waals surface area contributed by atoms with Crippen molar-refractivity contribution in [3.8, 4) is 0 Å². The van der Waals surface area contributed by atoms with Gasteiger partial charge in [-0.2, -0.15) is 0 Å². The van der Waals surface area contributed by atoms with Crippen LogP contribution in [-0.4, -0.2) is 35.2 Å². The van der Waals surface area contributed by atoms with Crippen LogP contribution in [0.4, 0.5) is 5.82 Å². The van der Waals surface area contributed by atoms with Crippen LogP contribution in [0.2, 0.25) is 0 Å². The summed E-state index contributed by atoms with van der Waals surface area (Å²) >= 11 is 0. The number of methoxy groups -OCH3 is 1. The molecule has 5 heteroatoms. The number of nitrogens with zero attached hydrogens (tertiary/aromatic N) is 2. The first kappa shape index (κ1) is 9.92. The Balaban J connectivity index is 2.25. The quantitative estimate of drug-likeness (QED) is 0.741. The predicted octanol–water partition coefficient (Wildman–Crippen LogP) is 1.32. The molecule has 2 N–H and O–H groups in total. The number of nitrogens with one attached hydrogen (secondary N) is 2. The lowest BCUT2D eigenvalue weighted by molar-refractivity contribution is 0.210. The number of rotatable bonds is 4. The summed E-state index contributed by atoms with van der Waals surface area (Å²) in [7, 11) is 1.68. The smallest absolute Gasteiger partial charge is 0.143 e. The van der Waals surface area contributed by atoms with Gasteiger partial charge in [-0.25, -0.2) is 9.97 Å². The lowest BCUT2D eigenvalue weighted by Gasteiger charge is -2.04. The minimum absolute atomic E-state index is 0.662. The Morgan fingerprint density at radius 1 is 1.47 bits per heavy atom. The molecule has 0 atom stereocenters. The summed E-state index contributed by atoms with van der Waals surface area (Å²) in [6, 6.07) is 2.03. The lowest BCUT2D eigenvalue weighted by atomic mass is 10.3. The molecule has 0 bridgehead atoms. The van der Waals surface area contributed by atoms with Gasteiger partial charge >= 0.3 is 0 Å². The Hall–Kier alpha value is -1.62. The van der Waals surface area contributed by atoms with Gasteiger partial charge in [0.25, 0.3) is 0 Å². The normalized spacial score (nSPS) is 10.8. The molecule has 2 heterocycles. The van der Waals surface area contributed by atoms with Crippen molar-refractivity contribution in [3.63, 3.8) is 0 Å². The molecule has 0 aliphatic heterocycles. The van der Waals surface area contributed by atoms with Crippen LogP contribution in [0.5, 0.6) is 0 Å². The molecule has 0 aliphatic rings. The first-order valence-electron chi connectivity index (χ1n) is 4.84. The SMILES string of the molecule is COCCNc1ncnc2[nH]c(C)cc12. The van der Waals surface area contributed by atoms with E-state index in [1.54, 1.807) is 13.4 Å². The van der Waals surface area contributed by atoms with E-state index < -0.39 is 0 Å². The number of ether oxygens (including phenoxy) is 1. The van der Waals surface area contributed by atoms with Gasteiger partial charge in [-0.3, -0.25) is 0 Å². The monoisotopic (exact) mass is 206 g/mol. The minimum Gasteiger partial charge on any atom is -0.383 e. The predicted molar refractivity (Wildman–Crippen MR) is 59.0 cm³/mol. The van der Waals surface area contributed by atoms with Crippen LogP contribution in [0.3, 0.4) is 0 Å². The van der Waals surface area contributed by atoms with Crippen LogP contribution >= 0.6 is 0 Å². The van der Waals surface area contributed by atoms with Crippen LogP contribution in [0.15, 0.2) is 12.4 Å². The lowest BCUT2D eigenvalue weighted by Crippen LogP contribution is -2.09. The first-order chi connectivity index (χ1) is 7.31. The fourth-order valence-electron chi connectivity index (χ4n) is 1.48. The molecule has 0 saturated carbocycles. The van der Waals surface area contributed by atoms with E-state index in [2.05, 4.69) is 20.3 Å². The third-order valence-corrected chi connectivity index (χ3v) is 2.16. The van der Waals surface area contributed by atoms with E-state index in [1.165, 1.54) is 0 Å².